The number of thiazole rings is 1. The first-order chi connectivity index (χ1) is 9.86. The molecule has 2 aromatic heterocycles. The van der Waals surface area contributed by atoms with Gasteiger partial charge < -0.3 is 5.32 Å². The second-order valence-corrected chi connectivity index (χ2v) is 5.93. The van der Waals surface area contributed by atoms with Crippen molar-refractivity contribution in [3.8, 4) is 11.3 Å². The van der Waals surface area contributed by atoms with Gasteiger partial charge in [-0.1, -0.05) is 18.2 Å². The number of para-hydroxylation sites is 1. The van der Waals surface area contributed by atoms with Crippen LogP contribution in [0, 0.1) is 0 Å². The molecule has 0 unspecified atom stereocenters. The summed E-state index contributed by atoms with van der Waals surface area (Å²) in [5, 5.41) is 7.46. The van der Waals surface area contributed by atoms with Gasteiger partial charge in [0.25, 0.3) is 0 Å². The minimum atomic E-state index is 0.965. The summed E-state index contributed by atoms with van der Waals surface area (Å²) in [5.41, 5.74) is 6.12. The van der Waals surface area contributed by atoms with Gasteiger partial charge in [0.2, 0.25) is 0 Å². The number of anilines is 1. The molecule has 3 aromatic rings. The number of hydrogen-bond donors (Lipinski definition) is 1. The van der Waals surface area contributed by atoms with E-state index >= 15 is 0 Å². The summed E-state index contributed by atoms with van der Waals surface area (Å²) in [4.78, 5) is 9.54. The van der Waals surface area contributed by atoms with E-state index in [9.17, 15) is 0 Å². The third-order valence-electron chi connectivity index (χ3n) is 3.89. The SMILES string of the molecule is CNc1nc(-c2c3c(nc4ccccc24)CCC3)cs1. The molecule has 0 spiro atoms. The second-order valence-electron chi connectivity index (χ2n) is 5.07. The maximum Gasteiger partial charge on any atom is 0.182 e. The molecule has 0 saturated carbocycles. The maximum absolute atomic E-state index is 4.83. The molecule has 0 radical (unpaired) electrons. The van der Waals surface area contributed by atoms with Crippen LogP contribution in [-0.2, 0) is 12.8 Å². The van der Waals surface area contributed by atoms with Crippen LogP contribution in [0.15, 0.2) is 29.6 Å². The first kappa shape index (κ1) is 11.9. The molecule has 0 atom stereocenters. The monoisotopic (exact) mass is 281 g/mol. The highest BCUT2D eigenvalue weighted by molar-refractivity contribution is 7.14. The van der Waals surface area contributed by atoms with Crippen LogP contribution in [0.1, 0.15) is 17.7 Å². The summed E-state index contributed by atoms with van der Waals surface area (Å²) in [5.74, 6) is 0. The number of benzene rings is 1. The van der Waals surface area contributed by atoms with Crippen molar-refractivity contribution in [3.63, 3.8) is 0 Å². The van der Waals surface area contributed by atoms with E-state index in [1.807, 2.05) is 7.05 Å². The van der Waals surface area contributed by atoms with E-state index in [4.69, 9.17) is 9.97 Å². The molecule has 1 aromatic carbocycles. The third kappa shape index (κ3) is 1.72. The van der Waals surface area contributed by atoms with E-state index in [2.05, 4.69) is 35.0 Å². The van der Waals surface area contributed by atoms with E-state index in [1.165, 1.54) is 28.6 Å². The van der Waals surface area contributed by atoms with Gasteiger partial charge in [0.05, 0.1) is 11.2 Å². The van der Waals surface area contributed by atoms with Crippen molar-refractivity contribution >= 4 is 27.4 Å². The van der Waals surface area contributed by atoms with Crippen LogP contribution >= 0.6 is 11.3 Å². The minimum Gasteiger partial charge on any atom is -0.365 e. The molecule has 1 aliphatic rings. The average molecular weight is 281 g/mol. The van der Waals surface area contributed by atoms with Crippen LogP contribution in [0.5, 0.6) is 0 Å². The average Bonchev–Trinajstić information content (AvgIpc) is 3.13. The van der Waals surface area contributed by atoms with E-state index < -0.39 is 0 Å². The number of rotatable bonds is 2. The van der Waals surface area contributed by atoms with E-state index in [1.54, 1.807) is 11.3 Å². The lowest BCUT2D eigenvalue weighted by molar-refractivity contribution is 0.901. The Morgan fingerprint density at radius 1 is 1.15 bits per heavy atom. The molecule has 1 aliphatic carbocycles. The zero-order valence-corrected chi connectivity index (χ0v) is 12.1. The molecule has 1 N–H and O–H groups in total. The summed E-state index contributed by atoms with van der Waals surface area (Å²) in [6.45, 7) is 0. The summed E-state index contributed by atoms with van der Waals surface area (Å²) >= 11 is 1.66. The van der Waals surface area contributed by atoms with Gasteiger partial charge in [-0.25, -0.2) is 4.98 Å². The van der Waals surface area contributed by atoms with E-state index in [0.717, 1.165) is 29.2 Å². The predicted molar refractivity (Wildman–Crippen MR) is 84.4 cm³/mol. The Hall–Kier alpha value is -1.94. The highest BCUT2D eigenvalue weighted by Gasteiger charge is 2.21. The van der Waals surface area contributed by atoms with Crippen molar-refractivity contribution in [2.24, 2.45) is 0 Å². The van der Waals surface area contributed by atoms with Crippen LogP contribution < -0.4 is 5.32 Å². The van der Waals surface area contributed by atoms with Crippen molar-refractivity contribution in [2.45, 2.75) is 19.3 Å². The number of nitrogens with zero attached hydrogens (tertiary/aromatic N) is 2. The number of aromatic nitrogens is 2. The maximum atomic E-state index is 4.83. The second kappa shape index (κ2) is 4.56. The van der Waals surface area contributed by atoms with Crippen molar-refractivity contribution < 1.29 is 0 Å². The Kier molecular flexibility index (Phi) is 2.70. The zero-order valence-electron chi connectivity index (χ0n) is 11.3. The Labute approximate surface area is 121 Å². The van der Waals surface area contributed by atoms with Gasteiger partial charge in [-0.05, 0) is 30.9 Å². The zero-order chi connectivity index (χ0) is 13.5. The molecule has 0 fully saturated rings. The summed E-state index contributed by atoms with van der Waals surface area (Å²) < 4.78 is 0. The standard InChI is InChI=1S/C16H15N3S/c1-17-16-19-14(9-20-16)15-10-5-2-3-7-12(10)18-13-8-4-6-11(13)15/h2-3,5,7,9H,4,6,8H2,1H3,(H,17,19). The largest absolute Gasteiger partial charge is 0.365 e. The quantitative estimate of drug-likeness (QED) is 0.774. The lowest BCUT2D eigenvalue weighted by atomic mass is 9.99. The summed E-state index contributed by atoms with van der Waals surface area (Å²) in [7, 11) is 1.91. The normalized spacial score (nSPS) is 13.7. The van der Waals surface area contributed by atoms with Gasteiger partial charge in [0.15, 0.2) is 5.13 Å². The fourth-order valence-electron chi connectivity index (χ4n) is 3.01. The molecular formula is C16H15N3S. The van der Waals surface area contributed by atoms with Gasteiger partial charge in [0.1, 0.15) is 0 Å². The number of aryl methyl sites for hydroxylation is 1. The molecule has 2 heterocycles. The number of nitrogens with one attached hydrogen (secondary N) is 1. The minimum absolute atomic E-state index is 0.965. The third-order valence-corrected chi connectivity index (χ3v) is 4.75. The molecule has 0 bridgehead atoms. The van der Waals surface area contributed by atoms with Crippen molar-refractivity contribution in [2.75, 3.05) is 12.4 Å². The molecule has 4 heteroatoms. The lowest BCUT2D eigenvalue weighted by Gasteiger charge is -2.10. The molecule has 100 valence electrons. The number of hydrogen-bond acceptors (Lipinski definition) is 4. The Morgan fingerprint density at radius 2 is 2.05 bits per heavy atom. The fraction of sp³-hybridized carbons (Fsp3) is 0.250. The Balaban J connectivity index is 2.05. The smallest absolute Gasteiger partial charge is 0.182 e. The van der Waals surface area contributed by atoms with Crippen LogP contribution in [-0.4, -0.2) is 17.0 Å². The molecule has 3 nitrogen and oxygen atoms in total. The van der Waals surface area contributed by atoms with Gasteiger partial charge in [0, 0.05) is 29.1 Å². The summed E-state index contributed by atoms with van der Waals surface area (Å²) in [6.07, 6.45) is 3.42. The van der Waals surface area contributed by atoms with Crippen molar-refractivity contribution in [1.82, 2.24) is 9.97 Å². The molecule has 20 heavy (non-hydrogen) atoms. The van der Waals surface area contributed by atoms with Gasteiger partial charge in [-0.2, -0.15) is 0 Å². The molecule has 0 saturated heterocycles. The van der Waals surface area contributed by atoms with Crippen LogP contribution in [0.25, 0.3) is 22.2 Å². The van der Waals surface area contributed by atoms with Crippen LogP contribution in [0.3, 0.4) is 0 Å². The van der Waals surface area contributed by atoms with Gasteiger partial charge >= 0.3 is 0 Å². The summed E-state index contributed by atoms with van der Waals surface area (Å²) in [6, 6.07) is 8.40. The highest BCUT2D eigenvalue weighted by atomic mass is 32.1. The van der Waals surface area contributed by atoms with Crippen LogP contribution in [0.4, 0.5) is 5.13 Å². The van der Waals surface area contributed by atoms with Gasteiger partial charge in [-0.15, -0.1) is 11.3 Å². The van der Waals surface area contributed by atoms with E-state index in [-0.39, 0.29) is 0 Å². The Bertz CT molecular complexity index is 792. The van der Waals surface area contributed by atoms with Gasteiger partial charge in [-0.3, -0.25) is 4.98 Å². The van der Waals surface area contributed by atoms with E-state index in [0.29, 0.717) is 0 Å². The fourth-order valence-corrected chi connectivity index (χ4v) is 3.67. The van der Waals surface area contributed by atoms with Crippen molar-refractivity contribution in [3.05, 3.63) is 40.9 Å². The highest BCUT2D eigenvalue weighted by Crippen LogP contribution is 2.38. The van der Waals surface area contributed by atoms with Crippen molar-refractivity contribution in [1.29, 1.82) is 0 Å². The first-order valence-electron chi connectivity index (χ1n) is 6.91. The lowest BCUT2D eigenvalue weighted by Crippen LogP contribution is -1.96. The predicted octanol–water partition coefficient (Wildman–Crippen LogP) is 3.89. The first-order valence-corrected chi connectivity index (χ1v) is 7.79. The molecule has 0 aliphatic heterocycles. The number of pyridine rings is 1. The topological polar surface area (TPSA) is 37.8 Å². The molecule has 4 rings (SSSR count). The van der Waals surface area contributed by atoms with Crippen LogP contribution in [0.2, 0.25) is 0 Å². The Morgan fingerprint density at radius 3 is 2.90 bits per heavy atom. The number of fused-ring (bicyclic) bond motifs is 2. The molecule has 0 amide bonds. The molecular weight excluding hydrogens is 266 g/mol.